The molecule has 0 saturated heterocycles. The zero-order valence-corrected chi connectivity index (χ0v) is 10.9. The highest BCUT2D eigenvalue weighted by Crippen LogP contribution is 2.13. The Hall–Kier alpha value is -2.22. The molecular weight excluding hydrogens is 268 g/mol. The van der Waals surface area contributed by atoms with Crippen molar-refractivity contribution in [3.63, 3.8) is 0 Å². The van der Waals surface area contributed by atoms with Gasteiger partial charge in [-0.05, 0) is 18.4 Å². The van der Waals surface area contributed by atoms with Crippen molar-refractivity contribution in [3.8, 4) is 0 Å². The van der Waals surface area contributed by atoms with Gasteiger partial charge < -0.3 is 0 Å². The van der Waals surface area contributed by atoms with Crippen LogP contribution in [0.2, 0.25) is 0 Å². The maximum atomic E-state index is 12.1. The zero-order chi connectivity index (χ0) is 13.4. The maximum Gasteiger partial charge on any atom is 0.441 e. The summed E-state index contributed by atoms with van der Waals surface area (Å²) in [5, 5.41) is 5.40. The Morgan fingerprint density at radius 1 is 1.37 bits per heavy atom. The second-order valence-corrected chi connectivity index (χ2v) is 4.94. The van der Waals surface area contributed by atoms with Gasteiger partial charge in [0.15, 0.2) is 5.82 Å². The molecule has 0 N–H and O–H groups in total. The fraction of sp³-hybridized carbons (Fsp3) is 0.273. The van der Waals surface area contributed by atoms with Crippen LogP contribution in [0.4, 0.5) is 0 Å². The quantitative estimate of drug-likeness (QED) is 0.701. The van der Waals surface area contributed by atoms with E-state index in [0.29, 0.717) is 29.1 Å². The molecule has 8 heteroatoms. The Morgan fingerprint density at radius 3 is 2.95 bits per heavy atom. The number of hydrogen-bond acceptors (Lipinski definition) is 6. The molecule has 0 aliphatic heterocycles. The standard InChI is InChI=1S/C11H10N4O3S/c1-7-13-18-11(17)15(7)4-3-14-6-12-8-2-5-19-9(8)10(14)16/h2,5-6H,3-4H2,1H3. The van der Waals surface area contributed by atoms with Crippen molar-refractivity contribution >= 4 is 21.6 Å². The normalized spacial score (nSPS) is 11.2. The summed E-state index contributed by atoms with van der Waals surface area (Å²) in [6, 6.07) is 1.81. The van der Waals surface area contributed by atoms with Gasteiger partial charge in [-0.25, -0.2) is 9.78 Å². The molecule has 0 bridgehead atoms. The first-order valence-corrected chi connectivity index (χ1v) is 6.50. The fourth-order valence-corrected chi connectivity index (χ4v) is 2.63. The highest BCUT2D eigenvalue weighted by atomic mass is 32.1. The third-order valence-electron chi connectivity index (χ3n) is 2.87. The van der Waals surface area contributed by atoms with Gasteiger partial charge in [-0.1, -0.05) is 5.16 Å². The number of nitrogens with zero attached hydrogens (tertiary/aromatic N) is 4. The second-order valence-electron chi connectivity index (χ2n) is 4.03. The lowest BCUT2D eigenvalue weighted by molar-refractivity contribution is 0.371. The molecule has 19 heavy (non-hydrogen) atoms. The third kappa shape index (κ3) is 1.99. The highest BCUT2D eigenvalue weighted by Gasteiger charge is 2.08. The molecule has 3 rings (SSSR count). The molecule has 7 nitrogen and oxygen atoms in total. The minimum Gasteiger partial charge on any atom is -0.296 e. The third-order valence-corrected chi connectivity index (χ3v) is 3.76. The average molecular weight is 278 g/mol. The van der Waals surface area contributed by atoms with Gasteiger partial charge in [0.25, 0.3) is 5.56 Å². The summed E-state index contributed by atoms with van der Waals surface area (Å²) in [5.74, 6) is -0.0288. The molecule has 0 saturated carbocycles. The van der Waals surface area contributed by atoms with E-state index in [1.54, 1.807) is 13.0 Å². The summed E-state index contributed by atoms with van der Waals surface area (Å²) in [6.45, 7) is 2.35. The minimum atomic E-state index is -0.518. The number of fused-ring (bicyclic) bond motifs is 1. The summed E-state index contributed by atoms with van der Waals surface area (Å²) in [5.41, 5.74) is 0.603. The van der Waals surface area contributed by atoms with E-state index in [0.717, 1.165) is 0 Å². The van der Waals surface area contributed by atoms with Gasteiger partial charge in [0.05, 0.1) is 11.8 Å². The zero-order valence-electron chi connectivity index (χ0n) is 10.1. The summed E-state index contributed by atoms with van der Waals surface area (Å²) in [6.07, 6.45) is 1.49. The van der Waals surface area contributed by atoms with E-state index in [1.165, 1.54) is 26.8 Å². The molecule has 3 aromatic heterocycles. The van der Waals surface area contributed by atoms with E-state index >= 15 is 0 Å². The molecule has 0 aromatic carbocycles. The Morgan fingerprint density at radius 2 is 2.21 bits per heavy atom. The van der Waals surface area contributed by atoms with E-state index < -0.39 is 5.76 Å². The van der Waals surface area contributed by atoms with Crippen LogP contribution in [0.1, 0.15) is 5.82 Å². The van der Waals surface area contributed by atoms with Crippen LogP contribution in [-0.4, -0.2) is 19.3 Å². The molecule has 0 fully saturated rings. The lowest BCUT2D eigenvalue weighted by Crippen LogP contribution is -2.25. The smallest absolute Gasteiger partial charge is 0.296 e. The molecule has 0 amide bonds. The van der Waals surface area contributed by atoms with Crippen molar-refractivity contribution in [1.82, 2.24) is 19.3 Å². The minimum absolute atomic E-state index is 0.0952. The molecule has 3 aromatic rings. The van der Waals surface area contributed by atoms with Crippen LogP contribution < -0.4 is 11.3 Å². The highest BCUT2D eigenvalue weighted by molar-refractivity contribution is 7.17. The first-order chi connectivity index (χ1) is 9.16. The van der Waals surface area contributed by atoms with Crippen molar-refractivity contribution in [3.05, 3.63) is 44.5 Å². The van der Waals surface area contributed by atoms with Crippen molar-refractivity contribution in [1.29, 1.82) is 0 Å². The lowest BCUT2D eigenvalue weighted by Gasteiger charge is -2.05. The molecule has 0 spiro atoms. The van der Waals surface area contributed by atoms with Gasteiger partial charge in [0.2, 0.25) is 0 Å². The Kier molecular flexibility index (Phi) is 2.79. The SMILES string of the molecule is Cc1noc(=O)n1CCn1cnc2ccsc2c1=O. The van der Waals surface area contributed by atoms with Crippen molar-refractivity contribution in [2.45, 2.75) is 20.0 Å². The molecule has 98 valence electrons. The van der Waals surface area contributed by atoms with Gasteiger partial charge in [-0.2, -0.15) is 0 Å². The summed E-state index contributed by atoms with van der Waals surface area (Å²) < 4.78 is 8.01. The van der Waals surface area contributed by atoms with E-state index in [9.17, 15) is 9.59 Å². The van der Waals surface area contributed by atoms with Crippen LogP contribution in [0.5, 0.6) is 0 Å². The van der Waals surface area contributed by atoms with Gasteiger partial charge in [0, 0.05) is 13.1 Å². The summed E-state index contributed by atoms with van der Waals surface area (Å²) >= 11 is 1.36. The van der Waals surface area contributed by atoms with Crippen molar-refractivity contribution in [2.75, 3.05) is 0 Å². The predicted octanol–water partition coefficient (Wildman–Crippen LogP) is 0.616. The van der Waals surface area contributed by atoms with E-state index in [1.807, 2.05) is 5.38 Å². The van der Waals surface area contributed by atoms with Crippen LogP contribution in [0.3, 0.4) is 0 Å². The average Bonchev–Trinajstić information content (AvgIpc) is 2.98. The van der Waals surface area contributed by atoms with Crippen LogP contribution in [0.15, 0.2) is 31.9 Å². The number of thiophene rings is 1. The molecule has 0 unspecified atom stereocenters. The fourth-order valence-electron chi connectivity index (χ4n) is 1.83. The van der Waals surface area contributed by atoms with Gasteiger partial charge in [0.1, 0.15) is 4.70 Å². The molecule has 0 aliphatic rings. The Balaban J connectivity index is 1.92. The van der Waals surface area contributed by atoms with E-state index in [4.69, 9.17) is 0 Å². The van der Waals surface area contributed by atoms with Gasteiger partial charge >= 0.3 is 5.76 Å². The van der Waals surface area contributed by atoms with Crippen LogP contribution >= 0.6 is 11.3 Å². The van der Waals surface area contributed by atoms with Crippen LogP contribution in [0, 0.1) is 6.92 Å². The monoisotopic (exact) mass is 278 g/mol. The molecule has 0 aliphatic carbocycles. The maximum absolute atomic E-state index is 12.1. The molecular formula is C11H10N4O3S. The first-order valence-electron chi connectivity index (χ1n) is 5.62. The van der Waals surface area contributed by atoms with Crippen LogP contribution in [0.25, 0.3) is 10.2 Å². The molecule has 3 heterocycles. The van der Waals surface area contributed by atoms with Gasteiger partial charge in [-0.15, -0.1) is 11.3 Å². The predicted molar refractivity (Wildman–Crippen MR) is 69.4 cm³/mol. The van der Waals surface area contributed by atoms with Crippen LogP contribution in [-0.2, 0) is 13.1 Å². The first kappa shape index (κ1) is 11.8. The summed E-state index contributed by atoms with van der Waals surface area (Å²) in [7, 11) is 0. The Labute approximate surface area is 110 Å². The number of hydrogen-bond donors (Lipinski definition) is 0. The number of aromatic nitrogens is 4. The van der Waals surface area contributed by atoms with Crippen molar-refractivity contribution in [2.24, 2.45) is 0 Å². The van der Waals surface area contributed by atoms with Gasteiger partial charge in [-0.3, -0.25) is 18.5 Å². The topological polar surface area (TPSA) is 82.9 Å². The summed E-state index contributed by atoms with van der Waals surface area (Å²) in [4.78, 5) is 27.7. The second kappa shape index (κ2) is 4.47. The van der Waals surface area contributed by atoms with E-state index in [-0.39, 0.29) is 5.56 Å². The van der Waals surface area contributed by atoms with E-state index in [2.05, 4.69) is 14.7 Å². The molecule has 0 atom stereocenters. The molecule has 0 radical (unpaired) electrons. The number of aryl methyl sites for hydroxylation is 2. The largest absolute Gasteiger partial charge is 0.441 e. The number of rotatable bonds is 3. The van der Waals surface area contributed by atoms with Crippen molar-refractivity contribution < 1.29 is 4.52 Å². The lowest BCUT2D eigenvalue weighted by atomic mass is 10.4. The Bertz CT molecular complexity index is 841.